The third-order valence-corrected chi connectivity index (χ3v) is 2.08. The summed E-state index contributed by atoms with van der Waals surface area (Å²) in [7, 11) is 0. The monoisotopic (exact) mass is 227 g/mol. The molecule has 0 bridgehead atoms. The minimum Gasteiger partial charge on any atom is -0.481 e. The van der Waals surface area contributed by atoms with Crippen LogP contribution in [0.2, 0.25) is 0 Å². The Hall–Kier alpha value is -1.32. The summed E-state index contributed by atoms with van der Waals surface area (Å²) >= 11 is 0. The molecule has 92 valence electrons. The van der Waals surface area contributed by atoms with E-state index in [9.17, 15) is 9.59 Å². The molecular formula is C12H21NO3. The smallest absolute Gasteiger partial charge is 0.305 e. The topological polar surface area (TPSA) is 66.4 Å². The van der Waals surface area contributed by atoms with Crippen LogP contribution >= 0.6 is 0 Å². The van der Waals surface area contributed by atoms with Crippen molar-refractivity contribution in [1.29, 1.82) is 0 Å². The van der Waals surface area contributed by atoms with Crippen molar-refractivity contribution in [3.8, 4) is 0 Å². The first kappa shape index (κ1) is 14.7. The zero-order valence-electron chi connectivity index (χ0n) is 10.0. The van der Waals surface area contributed by atoms with Gasteiger partial charge in [0.1, 0.15) is 0 Å². The molecule has 4 nitrogen and oxygen atoms in total. The average molecular weight is 227 g/mol. The number of carbonyl (C=O) groups excluding carboxylic acids is 1. The van der Waals surface area contributed by atoms with Crippen LogP contribution in [0, 0.1) is 0 Å². The van der Waals surface area contributed by atoms with Crippen LogP contribution in [0.1, 0.15) is 46.0 Å². The molecule has 1 unspecified atom stereocenters. The van der Waals surface area contributed by atoms with E-state index in [-0.39, 0.29) is 18.4 Å². The number of rotatable bonds is 8. The van der Waals surface area contributed by atoms with Crippen molar-refractivity contribution in [2.24, 2.45) is 0 Å². The molecule has 0 aromatic rings. The van der Waals surface area contributed by atoms with Crippen LogP contribution in [0.25, 0.3) is 0 Å². The van der Waals surface area contributed by atoms with Gasteiger partial charge in [-0.25, -0.2) is 0 Å². The van der Waals surface area contributed by atoms with E-state index in [4.69, 9.17) is 5.11 Å². The van der Waals surface area contributed by atoms with E-state index in [0.29, 0.717) is 6.42 Å². The van der Waals surface area contributed by atoms with Crippen LogP contribution < -0.4 is 5.32 Å². The lowest BCUT2D eigenvalue weighted by Crippen LogP contribution is -2.33. The Morgan fingerprint density at radius 3 is 2.62 bits per heavy atom. The Morgan fingerprint density at radius 2 is 2.06 bits per heavy atom. The van der Waals surface area contributed by atoms with Crippen LogP contribution in [0.15, 0.2) is 12.2 Å². The SMILES string of the molecule is CCCC/C=C/CC(=O)NC(C)CC(=O)O. The number of carbonyl (C=O) groups is 2. The van der Waals surface area contributed by atoms with Gasteiger partial charge in [0, 0.05) is 12.5 Å². The third-order valence-electron chi connectivity index (χ3n) is 2.08. The predicted molar refractivity (Wildman–Crippen MR) is 63.1 cm³/mol. The molecule has 0 aliphatic heterocycles. The molecular weight excluding hydrogens is 206 g/mol. The molecule has 0 spiro atoms. The number of carboxylic acids is 1. The van der Waals surface area contributed by atoms with Crippen molar-refractivity contribution in [2.45, 2.75) is 52.0 Å². The van der Waals surface area contributed by atoms with Gasteiger partial charge in [-0.05, 0) is 13.3 Å². The van der Waals surface area contributed by atoms with Crippen LogP contribution in [-0.4, -0.2) is 23.0 Å². The summed E-state index contributed by atoms with van der Waals surface area (Å²) in [6.07, 6.45) is 7.39. The van der Waals surface area contributed by atoms with Crippen molar-refractivity contribution >= 4 is 11.9 Å². The van der Waals surface area contributed by atoms with Gasteiger partial charge >= 0.3 is 5.97 Å². The van der Waals surface area contributed by atoms with Crippen molar-refractivity contribution in [3.63, 3.8) is 0 Å². The highest BCUT2D eigenvalue weighted by Gasteiger charge is 2.09. The Morgan fingerprint density at radius 1 is 1.38 bits per heavy atom. The van der Waals surface area contributed by atoms with E-state index in [1.807, 2.05) is 12.2 Å². The Kier molecular flexibility index (Phi) is 8.21. The molecule has 0 aliphatic carbocycles. The number of amides is 1. The zero-order chi connectivity index (χ0) is 12.4. The van der Waals surface area contributed by atoms with Gasteiger partial charge in [-0.3, -0.25) is 9.59 Å². The average Bonchev–Trinajstić information content (AvgIpc) is 2.15. The summed E-state index contributed by atoms with van der Waals surface area (Å²) in [5.41, 5.74) is 0. The zero-order valence-corrected chi connectivity index (χ0v) is 10.0. The van der Waals surface area contributed by atoms with E-state index in [1.165, 1.54) is 0 Å². The minimum atomic E-state index is -0.897. The number of nitrogens with one attached hydrogen (secondary N) is 1. The molecule has 0 heterocycles. The van der Waals surface area contributed by atoms with E-state index in [0.717, 1.165) is 19.3 Å². The highest BCUT2D eigenvalue weighted by molar-refractivity contribution is 5.78. The largest absolute Gasteiger partial charge is 0.481 e. The summed E-state index contributed by atoms with van der Waals surface area (Å²) in [6, 6.07) is -0.311. The van der Waals surface area contributed by atoms with E-state index < -0.39 is 5.97 Å². The molecule has 0 aromatic carbocycles. The molecule has 1 amide bonds. The second kappa shape index (κ2) is 8.95. The number of unbranched alkanes of at least 4 members (excludes halogenated alkanes) is 2. The fraction of sp³-hybridized carbons (Fsp3) is 0.667. The number of hydrogen-bond acceptors (Lipinski definition) is 2. The van der Waals surface area contributed by atoms with Crippen LogP contribution in [-0.2, 0) is 9.59 Å². The van der Waals surface area contributed by atoms with Gasteiger partial charge in [0.2, 0.25) is 5.91 Å². The normalized spacial score (nSPS) is 12.6. The van der Waals surface area contributed by atoms with E-state index in [2.05, 4.69) is 12.2 Å². The van der Waals surface area contributed by atoms with Crippen molar-refractivity contribution < 1.29 is 14.7 Å². The molecule has 1 atom stereocenters. The lowest BCUT2D eigenvalue weighted by Gasteiger charge is -2.09. The molecule has 0 saturated carbocycles. The van der Waals surface area contributed by atoms with Gasteiger partial charge in [-0.15, -0.1) is 0 Å². The fourth-order valence-electron chi connectivity index (χ4n) is 1.28. The van der Waals surface area contributed by atoms with Gasteiger partial charge in [0.15, 0.2) is 0 Å². The van der Waals surface area contributed by atoms with Crippen molar-refractivity contribution in [1.82, 2.24) is 5.32 Å². The lowest BCUT2D eigenvalue weighted by molar-refractivity contribution is -0.137. The van der Waals surface area contributed by atoms with Gasteiger partial charge in [-0.2, -0.15) is 0 Å². The van der Waals surface area contributed by atoms with Crippen LogP contribution in [0.3, 0.4) is 0 Å². The molecule has 16 heavy (non-hydrogen) atoms. The first-order valence-corrected chi connectivity index (χ1v) is 5.72. The van der Waals surface area contributed by atoms with Gasteiger partial charge in [0.25, 0.3) is 0 Å². The Bertz CT molecular complexity index is 249. The quantitative estimate of drug-likeness (QED) is 0.493. The van der Waals surface area contributed by atoms with E-state index in [1.54, 1.807) is 6.92 Å². The standard InChI is InChI=1S/C12H21NO3/c1-3-4-5-6-7-8-11(14)13-10(2)9-12(15)16/h6-7,10H,3-5,8-9H2,1-2H3,(H,13,14)(H,15,16)/b7-6+. The first-order chi connectivity index (χ1) is 7.56. The molecule has 2 N–H and O–H groups in total. The Balaban J connectivity index is 3.65. The molecule has 0 rings (SSSR count). The molecule has 0 radical (unpaired) electrons. The van der Waals surface area contributed by atoms with Crippen LogP contribution in [0.4, 0.5) is 0 Å². The maximum absolute atomic E-state index is 11.3. The van der Waals surface area contributed by atoms with Gasteiger partial charge in [0.05, 0.1) is 6.42 Å². The third kappa shape index (κ3) is 9.24. The van der Waals surface area contributed by atoms with Crippen molar-refractivity contribution in [2.75, 3.05) is 0 Å². The van der Waals surface area contributed by atoms with Crippen LogP contribution in [0.5, 0.6) is 0 Å². The maximum atomic E-state index is 11.3. The molecule has 0 saturated heterocycles. The van der Waals surface area contributed by atoms with E-state index >= 15 is 0 Å². The molecule has 0 aliphatic rings. The molecule has 0 fully saturated rings. The number of allylic oxidation sites excluding steroid dienone is 1. The summed E-state index contributed by atoms with van der Waals surface area (Å²) in [5.74, 6) is -1.02. The first-order valence-electron chi connectivity index (χ1n) is 5.72. The number of carboxylic acid groups (broad SMARTS) is 1. The lowest BCUT2D eigenvalue weighted by atomic mass is 10.2. The van der Waals surface area contributed by atoms with Gasteiger partial charge in [-0.1, -0.05) is 31.9 Å². The Labute approximate surface area is 96.7 Å². The maximum Gasteiger partial charge on any atom is 0.305 e. The van der Waals surface area contributed by atoms with Gasteiger partial charge < -0.3 is 10.4 Å². The second-order valence-electron chi connectivity index (χ2n) is 3.88. The van der Waals surface area contributed by atoms with Crippen molar-refractivity contribution in [3.05, 3.63) is 12.2 Å². The molecule has 0 aromatic heterocycles. The number of aliphatic carboxylic acids is 1. The summed E-state index contributed by atoms with van der Waals surface area (Å²) in [4.78, 5) is 21.7. The fourth-order valence-corrected chi connectivity index (χ4v) is 1.28. The highest BCUT2D eigenvalue weighted by atomic mass is 16.4. The summed E-state index contributed by atoms with van der Waals surface area (Å²) in [6.45, 7) is 3.81. The highest BCUT2D eigenvalue weighted by Crippen LogP contribution is 1.97. The number of hydrogen-bond donors (Lipinski definition) is 2. The predicted octanol–water partition coefficient (Wildman–Crippen LogP) is 2.10. The summed E-state index contributed by atoms with van der Waals surface area (Å²) < 4.78 is 0. The summed E-state index contributed by atoms with van der Waals surface area (Å²) in [5, 5.41) is 11.1. The minimum absolute atomic E-state index is 0.0364. The second-order valence-corrected chi connectivity index (χ2v) is 3.88. The molecule has 4 heteroatoms.